The minimum Gasteiger partial charge on any atom is -0.362 e. The minimum absolute atomic E-state index is 0.191. The third-order valence-electron chi connectivity index (χ3n) is 2.80. The lowest BCUT2D eigenvalue weighted by Gasteiger charge is -2.14. The van der Waals surface area contributed by atoms with Crippen molar-refractivity contribution in [3.05, 3.63) is 46.7 Å². The number of anilines is 1. The first-order valence-corrected chi connectivity index (χ1v) is 6.66. The third kappa shape index (κ3) is 1.97. The Labute approximate surface area is 109 Å². The van der Waals surface area contributed by atoms with Gasteiger partial charge < -0.3 is 5.32 Å². The van der Waals surface area contributed by atoms with Crippen molar-refractivity contribution >= 4 is 22.8 Å². The first-order valence-electron chi connectivity index (χ1n) is 5.85. The van der Waals surface area contributed by atoms with Gasteiger partial charge in [-0.3, -0.25) is 4.40 Å². The van der Waals surface area contributed by atoms with E-state index >= 15 is 0 Å². The topological polar surface area (TPSA) is 42.2 Å². The van der Waals surface area contributed by atoms with E-state index in [2.05, 4.69) is 29.1 Å². The maximum absolute atomic E-state index is 4.41. The normalized spacial score (nSPS) is 12.8. The maximum Gasteiger partial charge on any atom is 0.138 e. The van der Waals surface area contributed by atoms with Gasteiger partial charge in [-0.15, -0.1) is 11.3 Å². The first kappa shape index (κ1) is 11.2. The van der Waals surface area contributed by atoms with Gasteiger partial charge in [0.05, 0.1) is 6.04 Å². The van der Waals surface area contributed by atoms with Crippen molar-refractivity contribution in [3.8, 4) is 0 Å². The second-order valence-electron chi connectivity index (χ2n) is 4.24. The van der Waals surface area contributed by atoms with E-state index in [0.29, 0.717) is 0 Å². The molecule has 1 unspecified atom stereocenters. The van der Waals surface area contributed by atoms with Gasteiger partial charge in [-0.05, 0) is 26.0 Å². The van der Waals surface area contributed by atoms with E-state index in [1.807, 2.05) is 35.0 Å². The van der Waals surface area contributed by atoms with Crippen molar-refractivity contribution in [2.24, 2.45) is 0 Å². The Morgan fingerprint density at radius 2 is 2.22 bits per heavy atom. The van der Waals surface area contributed by atoms with Crippen LogP contribution < -0.4 is 5.32 Å². The molecule has 0 aromatic carbocycles. The maximum atomic E-state index is 4.41. The number of aromatic nitrogens is 3. The highest BCUT2D eigenvalue weighted by Crippen LogP contribution is 2.23. The second-order valence-corrected chi connectivity index (χ2v) is 5.51. The summed E-state index contributed by atoms with van der Waals surface area (Å²) in [5.74, 6) is 1.03. The highest BCUT2D eigenvalue weighted by Gasteiger charge is 2.10. The standard InChI is InChI=1S/C13H14N4S/c1-9-8-15-13(18-9)10(2)16-12-5-3-4-11-14-6-7-17(11)12/h3-8,10,16H,1-2H3. The van der Waals surface area contributed by atoms with Crippen LogP contribution in [0.3, 0.4) is 0 Å². The predicted octanol–water partition coefficient (Wildman–Crippen LogP) is 3.27. The van der Waals surface area contributed by atoms with Crippen LogP contribution in [-0.4, -0.2) is 14.4 Å². The van der Waals surface area contributed by atoms with Crippen LogP contribution in [-0.2, 0) is 0 Å². The van der Waals surface area contributed by atoms with Crippen molar-refractivity contribution in [3.63, 3.8) is 0 Å². The lowest BCUT2D eigenvalue weighted by Crippen LogP contribution is -2.09. The van der Waals surface area contributed by atoms with Gasteiger partial charge in [0.1, 0.15) is 16.5 Å². The summed E-state index contributed by atoms with van der Waals surface area (Å²) >= 11 is 1.72. The van der Waals surface area contributed by atoms with Crippen molar-refractivity contribution in [1.82, 2.24) is 14.4 Å². The molecule has 18 heavy (non-hydrogen) atoms. The zero-order valence-corrected chi connectivity index (χ0v) is 11.1. The Morgan fingerprint density at radius 1 is 1.33 bits per heavy atom. The zero-order valence-electron chi connectivity index (χ0n) is 10.3. The lowest BCUT2D eigenvalue weighted by atomic mass is 10.3. The van der Waals surface area contributed by atoms with Gasteiger partial charge in [-0.2, -0.15) is 0 Å². The fourth-order valence-corrected chi connectivity index (χ4v) is 2.70. The van der Waals surface area contributed by atoms with E-state index in [4.69, 9.17) is 0 Å². The average Bonchev–Trinajstić information content (AvgIpc) is 2.97. The smallest absolute Gasteiger partial charge is 0.138 e. The summed E-state index contributed by atoms with van der Waals surface area (Å²) in [5, 5.41) is 4.57. The summed E-state index contributed by atoms with van der Waals surface area (Å²) in [6.07, 6.45) is 5.67. The monoisotopic (exact) mass is 258 g/mol. The first-order chi connectivity index (χ1) is 8.74. The quantitative estimate of drug-likeness (QED) is 0.784. The molecule has 0 radical (unpaired) electrons. The molecule has 0 aliphatic rings. The number of nitrogens with zero attached hydrogens (tertiary/aromatic N) is 3. The predicted molar refractivity (Wildman–Crippen MR) is 74.1 cm³/mol. The summed E-state index contributed by atoms with van der Waals surface area (Å²) in [7, 11) is 0. The van der Waals surface area contributed by atoms with Crippen molar-refractivity contribution in [1.29, 1.82) is 0 Å². The van der Waals surface area contributed by atoms with E-state index in [1.54, 1.807) is 17.5 Å². The molecule has 0 saturated heterocycles. The van der Waals surface area contributed by atoms with Crippen LogP contribution in [0.15, 0.2) is 36.8 Å². The highest BCUT2D eigenvalue weighted by molar-refractivity contribution is 7.11. The number of nitrogens with one attached hydrogen (secondary N) is 1. The van der Waals surface area contributed by atoms with E-state index in [-0.39, 0.29) is 6.04 Å². The Hall–Kier alpha value is -1.88. The number of fused-ring (bicyclic) bond motifs is 1. The molecule has 0 bridgehead atoms. The molecule has 3 aromatic heterocycles. The number of hydrogen-bond donors (Lipinski definition) is 1. The van der Waals surface area contributed by atoms with Gasteiger partial charge in [0.25, 0.3) is 0 Å². The van der Waals surface area contributed by atoms with Crippen LogP contribution in [0, 0.1) is 6.92 Å². The molecular weight excluding hydrogens is 244 g/mol. The lowest BCUT2D eigenvalue weighted by molar-refractivity contribution is 0.855. The fourth-order valence-electron chi connectivity index (χ4n) is 1.92. The number of imidazole rings is 1. The molecule has 0 saturated carbocycles. The van der Waals surface area contributed by atoms with E-state index < -0.39 is 0 Å². The van der Waals surface area contributed by atoms with Crippen molar-refractivity contribution < 1.29 is 0 Å². The summed E-state index contributed by atoms with van der Waals surface area (Å²) < 4.78 is 2.04. The minimum atomic E-state index is 0.191. The molecule has 3 rings (SSSR count). The van der Waals surface area contributed by atoms with Gasteiger partial charge in [0.2, 0.25) is 0 Å². The molecule has 0 aliphatic heterocycles. The molecule has 3 aromatic rings. The molecule has 1 atom stereocenters. The van der Waals surface area contributed by atoms with E-state index in [9.17, 15) is 0 Å². The number of rotatable bonds is 3. The largest absolute Gasteiger partial charge is 0.362 e. The second kappa shape index (κ2) is 4.42. The third-order valence-corrected chi connectivity index (χ3v) is 3.90. The molecule has 3 heterocycles. The van der Waals surface area contributed by atoms with Crippen molar-refractivity contribution in [2.45, 2.75) is 19.9 Å². The molecule has 0 fully saturated rings. The number of hydrogen-bond acceptors (Lipinski definition) is 4. The molecule has 0 aliphatic carbocycles. The van der Waals surface area contributed by atoms with Crippen molar-refractivity contribution in [2.75, 3.05) is 5.32 Å². The van der Waals surface area contributed by atoms with Gasteiger partial charge in [0.15, 0.2) is 0 Å². The van der Waals surface area contributed by atoms with Crippen LogP contribution in [0.25, 0.3) is 5.65 Å². The van der Waals surface area contributed by atoms with Crippen LogP contribution in [0.2, 0.25) is 0 Å². The number of aryl methyl sites for hydroxylation is 1. The van der Waals surface area contributed by atoms with E-state index in [0.717, 1.165) is 16.5 Å². The summed E-state index contributed by atoms with van der Waals surface area (Å²) in [6.45, 7) is 4.19. The summed E-state index contributed by atoms with van der Waals surface area (Å²) in [5.41, 5.74) is 0.947. The molecule has 1 N–H and O–H groups in total. The van der Waals surface area contributed by atoms with E-state index in [1.165, 1.54) is 4.88 Å². The Bertz CT molecular complexity index is 670. The molecule has 4 nitrogen and oxygen atoms in total. The van der Waals surface area contributed by atoms with Gasteiger partial charge in [-0.1, -0.05) is 6.07 Å². The Balaban J connectivity index is 1.90. The van der Waals surface area contributed by atoms with Crippen LogP contribution >= 0.6 is 11.3 Å². The number of pyridine rings is 1. The van der Waals surface area contributed by atoms with Crippen LogP contribution in [0.1, 0.15) is 22.9 Å². The Kier molecular flexibility index (Phi) is 2.76. The molecule has 0 spiro atoms. The van der Waals surface area contributed by atoms with Crippen LogP contribution in [0.4, 0.5) is 5.82 Å². The SMILES string of the molecule is Cc1cnc(C(C)Nc2cccc3nccn23)s1. The van der Waals surface area contributed by atoms with Gasteiger partial charge in [-0.25, -0.2) is 9.97 Å². The highest BCUT2D eigenvalue weighted by atomic mass is 32.1. The molecular formula is C13H14N4S. The van der Waals surface area contributed by atoms with Gasteiger partial charge in [0, 0.05) is 23.5 Å². The Morgan fingerprint density at radius 3 is 3.00 bits per heavy atom. The summed E-state index contributed by atoms with van der Waals surface area (Å²) in [6, 6.07) is 6.23. The molecule has 92 valence electrons. The number of thiazole rings is 1. The molecule has 5 heteroatoms. The van der Waals surface area contributed by atoms with Crippen LogP contribution in [0.5, 0.6) is 0 Å². The zero-order chi connectivity index (χ0) is 12.5. The summed E-state index contributed by atoms with van der Waals surface area (Å²) in [4.78, 5) is 9.92. The fraction of sp³-hybridized carbons (Fsp3) is 0.231. The average molecular weight is 258 g/mol. The van der Waals surface area contributed by atoms with Gasteiger partial charge >= 0.3 is 0 Å². The molecule has 0 amide bonds.